The average molecular weight is 396 g/mol. The summed E-state index contributed by atoms with van der Waals surface area (Å²) in [5.41, 5.74) is 0.646. The maximum absolute atomic E-state index is 12.8. The SMILES string of the molecule is Cc1cc(-c2ccc(S(=O)(=O)Nc3cccc(C(F)(F)F)c3)c(C)c2)on1. The molecule has 0 saturated heterocycles. The van der Waals surface area contributed by atoms with Gasteiger partial charge < -0.3 is 4.52 Å². The van der Waals surface area contributed by atoms with Crippen LogP contribution in [0.15, 0.2) is 57.9 Å². The highest BCUT2D eigenvalue weighted by Gasteiger charge is 2.30. The Morgan fingerprint density at radius 1 is 1.04 bits per heavy atom. The molecule has 0 aliphatic heterocycles. The molecule has 0 bridgehead atoms. The Bertz CT molecular complexity index is 1090. The summed E-state index contributed by atoms with van der Waals surface area (Å²) in [4.78, 5) is -0.0418. The number of anilines is 1. The van der Waals surface area contributed by atoms with Crippen molar-refractivity contribution in [2.45, 2.75) is 24.9 Å². The number of aromatic nitrogens is 1. The van der Waals surface area contributed by atoms with Gasteiger partial charge in [-0.25, -0.2) is 8.42 Å². The van der Waals surface area contributed by atoms with E-state index in [1.54, 1.807) is 32.0 Å². The van der Waals surface area contributed by atoms with E-state index < -0.39 is 21.8 Å². The summed E-state index contributed by atoms with van der Waals surface area (Å²) in [7, 11) is -4.06. The first-order chi connectivity index (χ1) is 12.6. The number of hydrogen-bond donors (Lipinski definition) is 1. The lowest BCUT2D eigenvalue weighted by Gasteiger charge is -2.13. The summed E-state index contributed by atoms with van der Waals surface area (Å²) in [6, 6.07) is 10.3. The zero-order chi connectivity index (χ0) is 19.8. The second-order valence-electron chi connectivity index (χ2n) is 6.00. The Hall–Kier alpha value is -2.81. The maximum Gasteiger partial charge on any atom is 0.416 e. The lowest BCUT2D eigenvalue weighted by molar-refractivity contribution is -0.137. The van der Waals surface area contributed by atoms with Gasteiger partial charge in [0.05, 0.1) is 16.2 Å². The first-order valence-corrected chi connectivity index (χ1v) is 9.29. The Kier molecular flexibility index (Phi) is 4.73. The molecule has 2 aromatic carbocycles. The standard InChI is InChI=1S/C18H15F3N2O3S/c1-11-8-13(16-9-12(2)22-26-16)6-7-17(11)27(24,25)23-15-5-3-4-14(10-15)18(19,20)21/h3-10,23H,1-2H3. The van der Waals surface area contributed by atoms with Crippen molar-refractivity contribution >= 4 is 15.7 Å². The smallest absolute Gasteiger partial charge is 0.356 e. The molecule has 0 fully saturated rings. The van der Waals surface area contributed by atoms with Crippen molar-refractivity contribution in [1.82, 2.24) is 5.16 Å². The number of sulfonamides is 1. The predicted octanol–water partition coefficient (Wildman–Crippen LogP) is 4.78. The molecule has 1 N–H and O–H groups in total. The summed E-state index contributed by atoms with van der Waals surface area (Å²) in [5, 5.41) is 3.78. The first-order valence-electron chi connectivity index (χ1n) is 7.81. The molecule has 3 aromatic rings. The molecule has 1 heterocycles. The minimum absolute atomic E-state index is 0.0418. The number of hydrogen-bond acceptors (Lipinski definition) is 4. The van der Waals surface area contributed by atoms with Gasteiger partial charge in [-0.1, -0.05) is 11.2 Å². The van der Waals surface area contributed by atoms with Crippen LogP contribution in [0.5, 0.6) is 0 Å². The molecule has 1 aromatic heterocycles. The Morgan fingerprint density at radius 3 is 2.37 bits per heavy atom. The van der Waals surface area contributed by atoms with E-state index in [0.29, 0.717) is 22.6 Å². The van der Waals surface area contributed by atoms with Crippen LogP contribution in [0.25, 0.3) is 11.3 Å². The van der Waals surface area contributed by atoms with Crippen molar-refractivity contribution in [3.63, 3.8) is 0 Å². The van der Waals surface area contributed by atoms with Crippen LogP contribution in [-0.4, -0.2) is 13.6 Å². The van der Waals surface area contributed by atoms with Gasteiger partial charge in [-0.2, -0.15) is 13.2 Å². The molecule has 0 aliphatic carbocycles. The van der Waals surface area contributed by atoms with Crippen LogP contribution < -0.4 is 4.72 Å². The summed E-state index contributed by atoms with van der Waals surface area (Å²) < 4.78 is 71.0. The molecule has 0 atom stereocenters. The van der Waals surface area contributed by atoms with Gasteiger partial charge in [0.1, 0.15) is 0 Å². The van der Waals surface area contributed by atoms with Gasteiger partial charge in [-0.05, 0) is 55.8 Å². The highest BCUT2D eigenvalue weighted by atomic mass is 32.2. The van der Waals surface area contributed by atoms with Crippen LogP contribution in [0.3, 0.4) is 0 Å². The first kappa shape index (κ1) is 19.0. The highest BCUT2D eigenvalue weighted by molar-refractivity contribution is 7.92. The highest BCUT2D eigenvalue weighted by Crippen LogP contribution is 2.32. The van der Waals surface area contributed by atoms with Gasteiger partial charge >= 0.3 is 6.18 Å². The molecule has 0 unspecified atom stereocenters. The molecule has 0 radical (unpaired) electrons. The van der Waals surface area contributed by atoms with Crippen LogP contribution in [0.2, 0.25) is 0 Å². The van der Waals surface area contributed by atoms with Crippen molar-refractivity contribution < 1.29 is 26.1 Å². The largest absolute Gasteiger partial charge is 0.416 e. The molecule has 5 nitrogen and oxygen atoms in total. The third kappa shape index (κ3) is 4.13. The summed E-state index contributed by atoms with van der Waals surface area (Å²) in [6.45, 7) is 3.35. The monoisotopic (exact) mass is 396 g/mol. The molecule has 142 valence electrons. The van der Waals surface area contributed by atoms with E-state index in [4.69, 9.17) is 4.52 Å². The van der Waals surface area contributed by atoms with Crippen LogP contribution in [0.4, 0.5) is 18.9 Å². The zero-order valence-corrected chi connectivity index (χ0v) is 15.1. The molecular formula is C18H15F3N2O3S. The normalized spacial score (nSPS) is 12.2. The van der Waals surface area contributed by atoms with Gasteiger partial charge in [0.2, 0.25) is 0 Å². The molecule has 0 amide bonds. The number of aryl methyl sites for hydroxylation is 2. The van der Waals surface area contributed by atoms with Gasteiger partial charge in [-0.3, -0.25) is 4.72 Å². The Balaban J connectivity index is 1.91. The number of rotatable bonds is 4. The predicted molar refractivity (Wildman–Crippen MR) is 93.7 cm³/mol. The topological polar surface area (TPSA) is 72.2 Å². The minimum atomic E-state index is -4.56. The molecular weight excluding hydrogens is 381 g/mol. The molecule has 0 aliphatic rings. The van der Waals surface area contributed by atoms with Crippen molar-refractivity contribution in [1.29, 1.82) is 0 Å². The average Bonchev–Trinajstić information content (AvgIpc) is 3.00. The molecule has 9 heteroatoms. The summed E-state index contributed by atoms with van der Waals surface area (Å²) in [5.74, 6) is 0.491. The van der Waals surface area contributed by atoms with Crippen molar-refractivity contribution in [3.8, 4) is 11.3 Å². The molecule has 27 heavy (non-hydrogen) atoms. The summed E-state index contributed by atoms with van der Waals surface area (Å²) >= 11 is 0. The maximum atomic E-state index is 12.8. The quantitative estimate of drug-likeness (QED) is 0.689. The second kappa shape index (κ2) is 6.73. The molecule has 0 saturated carbocycles. The van der Waals surface area contributed by atoms with Crippen LogP contribution in [0, 0.1) is 13.8 Å². The van der Waals surface area contributed by atoms with Gasteiger partial charge in [0.15, 0.2) is 5.76 Å². The van der Waals surface area contributed by atoms with E-state index in [1.807, 2.05) is 0 Å². The van der Waals surface area contributed by atoms with E-state index in [1.165, 1.54) is 12.1 Å². The fourth-order valence-corrected chi connectivity index (χ4v) is 3.85. The van der Waals surface area contributed by atoms with Gasteiger partial charge in [-0.15, -0.1) is 0 Å². The van der Waals surface area contributed by atoms with E-state index in [2.05, 4.69) is 9.88 Å². The Labute approximate surface area is 153 Å². The fraction of sp³-hybridized carbons (Fsp3) is 0.167. The van der Waals surface area contributed by atoms with E-state index in [0.717, 1.165) is 18.2 Å². The number of alkyl halides is 3. The van der Waals surface area contributed by atoms with Crippen molar-refractivity contribution in [2.24, 2.45) is 0 Å². The third-order valence-electron chi connectivity index (χ3n) is 3.82. The van der Waals surface area contributed by atoms with Crippen LogP contribution >= 0.6 is 0 Å². The molecule has 3 rings (SSSR count). The lowest BCUT2D eigenvalue weighted by atomic mass is 10.1. The van der Waals surface area contributed by atoms with E-state index in [9.17, 15) is 21.6 Å². The third-order valence-corrected chi connectivity index (χ3v) is 5.36. The van der Waals surface area contributed by atoms with Gasteiger partial charge in [0, 0.05) is 17.3 Å². The molecule has 0 spiro atoms. The minimum Gasteiger partial charge on any atom is -0.356 e. The van der Waals surface area contributed by atoms with Crippen molar-refractivity contribution in [3.05, 3.63) is 65.4 Å². The number of benzene rings is 2. The van der Waals surface area contributed by atoms with Gasteiger partial charge in [0.25, 0.3) is 10.0 Å². The summed E-state index contributed by atoms with van der Waals surface area (Å²) in [6.07, 6.45) is -4.56. The Morgan fingerprint density at radius 2 is 1.78 bits per heavy atom. The fourth-order valence-electron chi connectivity index (χ4n) is 2.57. The number of nitrogens with zero attached hydrogens (tertiary/aromatic N) is 1. The lowest BCUT2D eigenvalue weighted by Crippen LogP contribution is -2.15. The van der Waals surface area contributed by atoms with Crippen LogP contribution in [-0.2, 0) is 16.2 Å². The zero-order valence-electron chi connectivity index (χ0n) is 14.3. The van der Waals surface area contributed by atoms with Crippen molar-refractivity contribution in [2.75, 3.05) is 4.72 Å². The van der Waals surface area contributed by atoms with E-state index >= 15 is 0 Å². The number of halogens is 3. The number of nitrogens with one attached hydrogen (secondary N) is 1. The van der Waals surface area contributed by atoms with Crippen LogP contribution in [0.1, 0.15) is 16.8 Å². The second-order valence-corrected chi connectivity index (χ2v) is 7.65. The van der Waals surface area contributed by atoms with E-state index in [-0.39, 0.29) is 10.6 Å².